The maximum Gasteiger partial charge on any atom is 0.175 e. The van der Waals surface area contributed by atoms with Crippen LogP contribution in [0, 0.1) is 6.92 Å². The Morgan fingerprint density at radius 2 is 1.74 bits per heavy atom. The molecule has 2 heterocycles. The average Bonchev–Trinajstić information content (AvgIpc) is 3.00. The van der Waals surface area contributed by atoms with Crippen LogP contribution in [-0.4, -0.2) is 37.3 Å². The zero-order chi connectivity index (χ0) is 19.2. The molecule has 0 atom stereocenters. The summed E-state index contributed by atoms with van der Waals surface area (Å²) < 4.78 is 25.5. The third-order valence-electron chi connectivity index (χ3n) is 5.67. The number of piperidine rings is 1. The number of nitrogens with one attached hydrogen (secondary N) is 1. The van der Waals surface area contributed by atoms with Gasteiger partial charge in [-0.3, -0.25) is 0 Å². The smallest absolute Gasteiger partial charge is 0.175 e. The van der Waals surface area contributed by atoms with Crippen LogP contribution in [0.3, 0.4) is 0 Å². The van der Waals surface area contributed by atoms with Crippen molar-refractivity contribution in [3.05, 3.63) is 47.5 Å². The van der Waals surface area contributed by atoms with Gasteiger partial charge in [0.2, 0.25) is 0 Å². The molecule has 1 saturated heterocycles. The van der Waals surface area contributed by atoms with E-state index in [0.29, 0.717) is 10.8 Å². The summed E-state index contributed by atoms with van der Waals surface area (Å²) in [5.41, 5.74) is 5.72. The van der Waals surface area contributed by atoms with Crippen LogP contribution in [-0.2, 0) is 16.9 Å². The highest BCUT2D eigenvalue weighted by molar-refractivity contribution is 7.90. The van der Waals surface area contributed by atoms with Crippen LogP contribution in [0.2, 0.25) is 0 Å². The van der Waals surface area contributed by atoms with Crippen LogP contribution in [0.1, 0.15) is 29.9 Å². The quantitative estimate of drug-likeness (QED) is 0.753. The molecule has 0 amide bonds. The lowest BCUT2D eigenvalue weighted by Crippen LogP contribution is -2.26. The second-order valence-corrected chi connectivity index (χ2v) is 9.48. The van der Waals surface area contributed by atoms with E-state index in [1.54, 1.807) is 12.1 Å². The van der Waals surface area contributed by atoms with Gasteiger partial charge in [-0.25, -0.2) is 13.4 Å². The fourth-order valence-electron chi connectivity index (χ4n) is 4.09. The summed E-state index contributed by atoms with van der Waals surface area (Å²) in [7, 11) is -1.18. The van der Waals surface area contributed by atoms with Crippen molar-refractivity contribution < 1.29 is 8.42 Å². The van der Waals surface area contributed by atoms with Crippen molar-refractivity contribution in [3.8, 4) is 11.4 Å². The fourth-order valence-corrected chi connectivity index (χ4v) is 4.72. The molecule has 0 bridgehead atoms. The number of nitrogens with zero attached hydrogens (tertiary/aromatic N) is 2. The van der Waals surface area contributed by atoms with Gasteiger partial charge in [-0.1, -0.05) is 6.07 Å². The molecule has 3 aromatic rings. The summed E-state index contributed by atoms with van der Waals surface area (Å²) in [6.07, 6.45) is 3.56. The summed E-state index contributed by atoms with van der Waals surface area (Å²) in [5, 5.41) is 3.43. The number of hydrogen-bond donors (Lipinski definition) is 1. The molecular weight excluding hydrogens is 358 g/mol. The van der Waals surface area contributed by atoms with Gasteiger partial charge in [0.05, 0.1) is 15.9 Å². The lowest BCUT2D eigenvalue weighted by Gasteiger charge is -2.24. The number of aromatic nitrogens is 2. The zero-order valence-electron chi connectivity index (χ0n) is 16.0. The van der Waals surface area contributed by atoms with Crippen LogP contribution < -0.4 is 5.32 Å². The SMILES string of the molecule is Cc1c(C2CCNCC2)ccc2c1nc(-c1ccc(S(C)(=O)=O)cc1)n2C. The summed E-state index contributed by atoms with van der Waals surface area (Å²) in [6.45, 7) is 4.31. The van der Waals surface area contributed by atoms with Crippen LogP contribution in [0.5, 0.6) is 0 Å². The summed E-state index contributed by atoms with van der Waals surface area (Å²) in [4.78, 5) is 5.26. The minimum Gasteiger partial charge on any atom is -0.327 e. The molecule has 0 radical (unpaired) electrons. The van der Waals surface area contributed by atoms with Crippen LogP contribution in [0.25, 0.3) is 22.4 Å². The number of benzene rings is 2. The molecule has 2 aromatic carbocycles. The first-order valence-corrected chi connectivity index (χ1v) is 11.2. The van der Waals surface area contributed by atoms with Crippen LogP contribution in [0.15, 0.2) is 41.3 Å². The molecule has 4 rings (SSSR count). The first kappa shape index (κ1) is 18.2. The van der Waals surface area contributed by atoms with Gasteiger partial charge in [0.1, 0.15) is 5.82 Å². The van der Waals surface area contributed by atoms with Gasteiger partial charge < -0.3 is 9.88 Å². The Balaban J connectivity index is 1.78. The second kappa shape index (κ2) is 6.77. The van der Waals surface area contributed by atoms with E-state index in [1.807, 2.05) is 19.2 Å². The van der Waals surface area contributed by atoms with Crippen molar-refractivity contribution in [1.29, 1.82) is 0 Å². The zero-order valence-corrected chi connectivity index (χ0v) is 16.8. The number of imidazole rings is 1. The molecule has 1 aliphatic rings. The largest absolute Gasteiger partial charge is 0.327 e. The maximum absolute atomic E-state index is 11.7. The van der Waals surface area contributed by atoms with E-state index in [9.17, 15) is 8.42 Å². The maximum atomic E-state index is 11.7. The molecule has 5 nitrogen and oxygen atoms in total. The monoisotopic (exact) mass is 383 g/mol. The Bertz CT molecular complexity index is 1090. The first-order chi connectivity index (χ1) is 12.9. The van der Waals surface area contributed by atoms with Gasteiger partial charge >= 0.3 is 0 Å². The minimum absolute atomic E-state index is 0.328. The Morgan fingerprint density at radius 3 is 2.37 bits per heavy atom. The molecule has 0 saturated carbocycles. The van der Waals surface area contributed by atoms with Crippen LogP contribution in [0.4, 0.5) is 0 Å². The van der Waals surface area contributed by atoms with E-state index in [-0.39, 0.29) is 0 Å². The normalized spacial score (nSPS) is 16.1. The van der Waals surface area contributed by atoms with Crippen molar-refractivity contribution in [2.75, 3.05) is 19.3 Å². The molecule has 1 N–H and O–H groups in total. The van der Waals surface area contributed by atoms with Crippen molar-refractivity contribution in [3.63, 3.8) is 0 Å². The Hall–Kier alpha value is -2.18. The van der Waals surface area contributed by atoms with Gasteiger partial charge in [0.15, 0.2) is 9.84 Å². The van der Waals surface area contributed by atoms with E-state index in [0.717, 1.165) is 35.5 Å². The average molecular weight is 384 g/mol. The summed E-state index contributed by atoms with van der Waals surface area (Å²) >= 11 is 0. The van der Waals surface area contributed by atoms with Gasteiger partial charge in [0.25, 0.3) is 0 Å². The van der Waals surface area contributed by atoms with Gasteiger partial charge in [-0.2, -0.15) is 0 Å². The van der Waals surface area contributed by atoms with E-state index >= 15 is 0 Å². The van der Waals surface area contributed by atoms with E-state index in [1.165, 1.54) is 30.2 Å². The standard InChI is InChI=1S/C21H25N3O2S/c1-14-18(15-10-12-22-13-11-15)8-9-19-20(14)23-21(24(19)2)16-4-6-17(7-5-16)27(3,25)26/h4-9,15,22H,10-13H2,1-3H3. The molecule has 0 unspecified atom stereocenters. The molecule has 1 fully saturated rings. The van der Waals surface area contributed by atoms with Gasteiger partial charge in [0, 0.05) is 18.9 Å². The molecule has 0 aliphatic carbocycles. The second-order valence-electron chi connectivity index (χ2n) is 7.46. The number of aryl methyl sites for hydroxylation is 2. The lowest BCUT2D eigenvalue weighted by atomic mass is 9.87. The summed E-state index contributed by atoms with van der Waals surface area (Å²) in [5.74, 6) is 1.45. The number of hydrogen-bond acceptors (Lipinski definition) is 4. The molecule has 6 heteroatoms. The highest BCUT2D eigenvalue weighted by Gasteiger charge is 2.20. The molecule has 0 spiro atoms. The topological polar surface area (TPSA) is 64.0 Å². The molecule has 27 heavy (non-hydrogen) atoms. The molecular formula is C21H25N3O2S. The molecule has 1 aliphatic heterocycles. The number of fused-ring (bicyclic) bond motifs is 1. The van der Waals surface area contributed by atoms with Gasteiger partial charge in [-0.05, 0) is 80.2 Å². The lowest BCUT2D eigenvalue weighted by molar-refractivity contribution is 0.459. The van der Waals surface area contributed by atoms with Crippen molar-refractivity contribution in [2.24, 2.45) is 7.05 Å². The Morgan fingerprint density at radius 1 is 1.07 bits per heavy atom. The predicted octanol–water partition coefficient (Wildman–Crippen LogP) is 3.42. The summed E-state index contributed by atoms with van der Waals surface area (Å²) in [6, 6.07) is 11.4. The van der Waals surface area contributed by atoms with Gasteiger partial charge in [-0.15, -0.1) is 0 Å². The van der Waals surface area contributed by atoms with E-state index in [2.05, 4.69) is 28.9 Å². The molecule has 1 aromatic heterocycles. The third-order valence-corrected chi connectivity index (χ3v) is 6.80. The van der Waals surface area contributed by atoms with Crippen LogP contribution >= 0.6 is 0 Å². The van der Waals surface area contributed by atoms with E-state index in [4.69, 9.17) is 4.98 Å². The van der Waals surface area contributed by atoms with Crippen molar-refractivity contribution in [1.82, 2.24) is 14.9 Å². The highest BCUT2D eigenvalue weighted by Crippen LogP contribution is 2.33. The van der Waals surface area contributed by atoms with Crippen molar-refractivity contribution >= 4 is 20.9 Å². The van der Waals surface area contributed by atoms with E-state index < -0.39 is 9.84 Å². The molecule has 142 valence electrons. The number of sulfone groups is 1. The Kier molecular flexibility index (Phi) is 4.56. The Labute approximate surface area is 160 Å². The first-order valence-electron chi connectivity index (χ1n) is 9.33. The van der Waals surface area contributed by atoms with Crippen molar-refractivity contribution in [2.45, 2.75) is 30.6 Å². The fraction of sp³-hybridized carbons (Fsp3) is 0.381. The highest BCUT2D eigenvalue weighted by atomic mass is 32.2. The number of rotatable bonds is 3. The predicted molar refractivity (Wildman–Crippen MR) is 109 cm³/mol. The minimum atomic E-state index is -3.19. The third kappa shape index (κ3) is 3.28.